The Balaban J connectivity index is 5.11. The summed E-state index contributed by atoms with van der Waals surface area (Å²) in [5, 5.41) is 0. The van der Waals surface area contributed by atoms with Crippen LogP contribution in [0, 0.1) is 0 Å². The summed E-state index contributed by atoms with van der Waals surface area (Å²) < 4.78 is 17.2. The van der Waals surface area contributed by atoms with Crippen LogP contribution in [0.25, 0.3) is 0 Å². The van der Waals surface area contributed by atoms with Gasteiger partial charge in [0.1, 0.15) is 0 Å². The van der Waals surface area contributed by atoms with E-state index in [2.05, 4.69) is 0 Å². The third kappa shape index (κ3) is 12.6. The lowest BCUT2D eigenvalue weighted by Gasteiger charge is -2.36. The summed E-state index contributed by atoms with van der Waals surface area (Å²) >= 11 is 0. The van der Waals surface area contributed by atoms with Gasteiger partial charge in [-0.15, -0.1) is 0 Å². The highest BCUT2D eigenvalue weighted by Crippen LogP contribution is 2.27. The van der Waals surface area contributed by atoms with Gasteiger partial charge in [-0.25, -0.2) is 0 Å². The quantitative estimate of drug-likeness (QED) is 0.594. The minimum absolute atomic E-state index is 0.0718. The van der Waals surface area contributed by atoms with E-state index in [0.717, 1.165) is 0 Å². The summed E-state index contributed by atoms with van der Waals surface area (Å²) in [7, 11) is -5.86. The Morgan fingerprint density at radius 2 is 1.00 bits per heavy atom. The third-order valence-corrected chi connectivity index (χ3v) is 5.21. The Hall–Kier alpha value is -0.449. The van der Waals surface area contributed by atoms with E-state index in [1.807, 2.05) is 65.8 Å². The van der Waals surface area contributed by atoms with Crippen molar-refractivity contribution in [3.05, 3.63) is 0 Å². The van der Waals surface area contributed by atoms with E-state index in [0.29, 0.717) is 0 Å². The first-order chi connectivity index (χ1) is 9.91. The normalized spacial score (nSPS) is 13.7. The molecule has 0 saturated heterocycles. The number of carbonyl (C=O) groups excluding carboxylic acids is 2. The molecule has 0 spiro atoms. The smallest absolute Gasteiger partial charge is 0.295 e. The number of hydrogen-bond donors (Lipinski definition) is 0. The van der Waals surface area contributed by atoms with E-state index < -0.39 is 30.6 Å². The molecule has 5 nitrogen and oxygen atoms in total. The molecule has 0 aromatic heterocycles. The third-order valence-electron chi connectivity index (χ3n) is 2.43. The van der Waals surface area contributed by atoms with E-state index in [1.54, 1.807) is 0 Å². The molecule has 0 aliphatic heterocycles. The van der Waals surface area contributed by atoms with Gasteiger partial charge in [0.2, 0.25) is 16.6 Å². The molecule has 23 heavy (non-hydrogen) atoms. The molecule has 0 unspecified atom stereocenters. The largest absolute Gasteiger partial charge is 0.520 e. The molecule has 0 bridgehead atoms. The molecule has 8 heteroatoms. The van der Waals surface area contributed by atoms with E-state index in [-0.39, 0.29) is 24.8 Å². The molecule has 0 atom stereocenters. The van der Waals surface area contributed by atoms with Crippen LogP contribution in [0.5, 0.6) is 0 Å². The van der Waals surface area contributed by atoms with Gasteiger partial charge in [-0.05, 0) is 65.8 Å². The van der Waals surface area contributed by atoms with E-state index in [1.165, 1.54) is 0 Å². The van der Waals surface area contributed by atoms with Gasteiger partial charge in [0.05, 0.1) is 18.4 Å². The summed E-state index contributed by atoms with van der Waals surface area (Å²) in [5.74, 6) is -0.601. The first-order valence-electron chi connectivity index (χ1n) is 8.05. The SMILES string of the molecule is CC(CC(=O)O[Si](C)(C)C)(CC(=O)O[Si](C)(C)C)O[Si](C)(C)C. The zero-order valence-electron chi connectivity index (χ0n) is 16.5. The van der Waals surface area contributed by atoms with Crippen molar-refractivity contribution in [2.45, 2.75) is 84.3 Å². The molecule has 0 amide bonds. The second kappa shape index (κ2) is 7.62. The minimum Gasteiger partial charge on any atom is -0.520 e. The Kier molecular flexibility index (Phi) is 7.48. The second-order valence-corrected chi connectivity index (χ2v) is 22.5. The molecule has 0 fully saturated rings. The van der Waals surface area contributed by atoms with Crippen molar-refractivity contribution in [1.82, 2.24) is 0 Å². The van der Waals surface area contributed by atoms with Gasteiger partial charge in [-0.3, -0.25) is 9.59 Å². The van der Waals surface area contributed by atoms with Crippen LogP contribution in [-0.4, -0.2) is 42.5 Å². The fraction of sp³-hybridized carbons (Fsp3) is 0.867. The predicted molar refractivity (Wildman–Crippen MR) is 101 cm³/mol. The minimum atomic E-state index is -1.96. The maximum atomic E-state index is 12.2. The molecule has 136 valence electrons. The number of carbonyl (C=O) groups is 2. The highest BCUT2D eigenvalue weighted by molar-refractivity contribution is 6.71. The first kappa shape index (κ1) is 22.6. The summed E-state index contributed by atoms with van der Waals surface area (Å²) in [6, 6.07) is 0. The van der Waals surface area contributed by atoms with Crippen LogP contribution < -0.4 is 0 Å². The maximum absolute atomic E-state index is 12.2. The van der Waals surface area contributed by atoms with Gasteiger partial charge in [-0.1, -0.05) is 0 Å². The maximum Gasteiger partial charge on any atom is 0.295 e. The Bertz CT molecular complexity index is 400. The lowest BCUT2D eigenvalue weighted by molar-refractivity contribution is -0.144. The molecule has 0 aliphatic rings. The van der Waals surface area contributed by atoms with Crippen molar-refractivity contribution in [3.8, 4) is 0 Å². The van der Waals surface area contributed by atoms with Gasteiger partial charge < -0.3 is 13.3 Å². The summed E-state index contributed by atoms with van der Waals surface area (Å²) in [6.45, 7) is 19.7. The average molecular weight is 379 g/mol. The van der Waals surface area contributed by atoms with E-state index in [4.69, 9.17) is 13.3 Å². The van der Waals surface area contributed by atoms with Crippen molar-refractivity contribution in [2.75, 3.05) is 0 Å². The molecule has 0 heterocycles. The highest BCUT2D eigenvalue weighted by Gasteiger charge is 2.38. The van der Waals surface area contributed by atoms with Crippen LogP contribution in [0.4, 0.5) is 0 Å². The molecular weight excluding hydrogens is 344 g/mol. The van der Waals surface area contributed by atoms with Crippen LogP contribution in [-0.2, 0) is 22.9 Å². The molecule has 0 rings (SSSR count). The summed E-state index contributed by atoms with van der Waals surface area (Å²) in [5.41, 5.74) is -0.877. The lowest BCUT2D eigenvalue weighted by Crippen LogP contribution is -2.46. The Morgan fingerprint density at radius 1 is 0.696 bits per heavy atom. The monoisotopic (exact) mass is 378 g/mol. The van der Waals surface area contributed by atoms with Crippen molar-refractivity contribution in [3.63, 3.8) is 0 Å². The Labute approximate surface area is 144 Å². The topological polar surface area (TPSA) is 61.8 Å². The van der Waals surface area contributed by atoms with Crippen LogP contribution in [0.1, 0.15) is 19.8 Å². The van der Waals surface area contributed by atoms with Gasteiger partial charge in [0.25, 0.3) is 11.9 Å². The van der Waals surface area contributed by atoms with Gasteiger partial charge in [0, 0.05) is 0 Å². The van der Waals surface area contributed by atoms with Crippen LogP contribution in [0.15, 0.2) is 0 Å². The molecule has 0 aromatic carbocycles. The fourth-order valence-electron chi connectivity index (χ4n) is 2.24. The van der Waals surface area contributed by atoms with Crippen molar-refractivity contribution in [1.29, 1.82) is 0 Å². The molecule has 0 aromatic rings. The highest BCUT2D eigenvalue weighted by atomic mass is 28.4. The zero-order valence-corrected chi connectivity index (χ0v) is 19.5. The van der Waals surface area contributed by atoms with Crippen LogP contribution in [0.3, 0.4) is 0 Å². The fourth-order valence-corrected chi connectivity index (χ4v) is 5.37. The predicted octanol–water partition coefficient (Wildman–Crippen LogP) is 4.13. The summed E-state index contributed by atoms with van der Waals surface area (Å²) in [4.78, 5) is 24.5. The number of hydrogen-bond acceptors (Lipinski definition) is 5. The molecular formula is C15H34O5Si3. The lowest BCUT2D eigenvalue weighted by atomic mass is 9.99. The van der Waals surface area contributed by atoms with Crippen LogP contribution in [0.2, 0.25) is 58.9 Å². The molecule has 0 radical (unpaired) electrons. The molecule has 0 aliphatic carbocycles. The molecule has 0 N–H and O–H groups in total. The van der Waals surface area contributed by atoms with Crippen LogP contribution >= 0.6 is 0 Å². The second-order valence-electron chi connectivity index (χ2n) is 9.19. The van der Waals surface area contributed by atoms with Crippen molar-refractivity contribution >= 4 is 36.9 Å². The Morgan fingerprint density at radius 3 is 1.22 bits per heavy atom. The van der Waals surface area contributed by atoms with Crippen molar-refractivity contribution < 1.29 is 22.9 Å². The van der Waals surface area contributed by atoms with Gasteiger partial charge in [0.15, 0.2) is 8.32 Å². The zero-order chi connectivity index (χ0) is 18.7. The standard InChI is InChI=1S/C15H34O5Si3/c1-15(20-23(8,9)10,11-13(16)18-21(2,3)4)12-14(17)19-22(5,6)7/h11-12H2,1-10H3. The summed E-state index contributed by atoms with van der Waals surface area (Å²) in [6.07, 6.45) is 0.144. The number of rotatable bonds is 8. The first-order valence-corrected chi connectivity index (χ1v) is 18.3. The van der Waals surface area contributed by atoms with Gasteiger partial charge >= 0.3 is 0 Å². The van der Waals surface area contributed by atoms with E-state index >= 15 is 0 Å². The average Bonchev–Trinajstić information content (AvgIpc) is 2.03. The van der Waals surface area contributed by atoms with Crippen molar-refractivity contribution in [2.24, 2.45) is 0 Å². The van der Waals surface area contributed by atoms with E-state index in [9.17, 15) is 9.59 Å². The molecule has 0 saturated carbocycles. The van der Waals surface area contributed by atoms with Gasteiger partial charge in [-0.2, -0.15) is 0 Å².